The fourth-order valence-corrected chi connectivity index (χ4v) is 4.19. The lowest BCUT2D eigenvalue weighted by Gasteiger charge is -2.47. The smallest absolute Gasteiger partial charge is 0.153 e. The third-order valence-electron chi connectivity index (χ3n) is 3.70. The molecule has 3 rings (SSSR count). The predicted octanol–water partition coefficient (Wildman–Crippen LogP) is 3.31. The van der Waals surface area contributed by atoms with Gasteiger partial charge in [0.25, 0.3) is 0 Å². The van der Waals surface area contributed by atoms with Crippen LogP contribution in [0.15, 0.2) is 47.4 Å². The lowest BCUT2D eigenvalue weighted by Crippen LogP contribution is -2.56. The van der Waals surface area contributed by atoms with E-state index in [1.165, 1.54) is 4.90 Å². The van der Waals surface area contributed by atoms with E-state index in [1.807, 2.05) is 18.2 Å². The second-order valence-corrected chi connectivity index (χ2v) is 6.21. The summed E-state index contributed by atoms with van der Waals surface area (Å²) in [6.45, 7) is 2.09. The summed E-state index contributed by atoms with van der Waals surface area (Å²) in [5.74, 6) is 1.16. The molecule has 0 unspecified atom stereocenters. The summed E-state index contributed by atoms with van der Waals surface area (Å²) in [5.41, 5.74) is 0. The van der Waals surface area contributed by atoms with Gasteiger partial charge < -0.3 is 0 Å². The molecule has 1 aromatic carbocycles. The van der Waals surface area contributed by atoms with E-state index >= 15 is 0 Å². The molecule has 82 valence electrons. The zero-order chi connectivity index (χ0) is 11.2. The fourth-order valence-electron chi connectivity index (χ4n) is 2.78. The number of fused-ring (bicyclic) bond motifs is 1. The van der Waals surface area contributed by atoms with E-state index in [0.717, 1.165) is 6.42 Å². The summed E-state index contributed by atoms with van der Waals surface area (Å²) >= 11 is 1.72. The summed E-state index contributed by atoms with van der Waals surface area (Å²) in [6.07, 6.45) is 5.33. The minimum absolute atomic E-state index is 0.223. The topological polar surface area (TPSA) is 17.1 Å². The van der Waals surface area contributed by atoms with Crippen molar-refractivity contribution < 1.29 is 4.79 Å². The van der Waals surface area contributed by atoms with Crippen LogP contribution in [-0.2, 0) is 4.79 Å². The Kier molecular flexibility index (Phi) is 2.21. The quantitative estimate of drug-likeness (QED) is 0.725. The normalized spacial score (nSPS) is 35.9. The molecule has 16 heavy (non-hydrogen) atoms. The molecule has 2 aliphatic carbocycles. The molecule has 1 fully saturated rings. The zero-order valence-electron chi connectivity index (χ0n) is 9.22. The highest BCUT2D eigenvalue weighted by Crippen LogP contribution is 2.56. The summed E-state index contributed by atoms with van der Waals surface area (Å²) in [4.78, 5) is 13.3. The van der Waals surface area contributed by atoms with E-state index in [9.17, 15) is 4.79 Å². The van der Waals surface area contributed by atoms with Crippen molar-refractivity contribution in [3.05, 3.63) is 42.5 Å². The molecule has 0 saturated heterocycles. The summed E-state index contributed by atoms with van der Waals surface area (Å²) in [6, 6.07) is 10.2. The van der Waals surface area contributed by atoms with Gasteiger partial charge in [-0.25, -0.2) is 0 Å². The molecular formula is C14H14OS. The second-order valence-electron chi connectivity index (χ2n) is 4.68. The Morgan fingerprint density at radius 3 is 2.81 bits per heavy atom. The Balaban J connectivity index is 1.85. The van der Waals surface area contributed by atoms with Crippen molar-refractivity contribution in [3.63, 3.8) is 0 Å². The minimum Gasteiger partial charge on any atom is -0.298 e. The number of Topliss-reactive ketones (excluding diaryl/α,β-unsaturated/α-hetero) is 1. The molecule has 0 spiro atoms. The van der Waals surface area contributed by atoms with Crippen molar-refractivity contribution in [2.24, 2.45) is 11.8 Å². The average molecular weight is 230 g/mol. The van der Waals surface area contributed by atoms with Gasteiger partial charge in [-0.3, -0.25) is 4.79 Å². The van der Waals surface area contributed by atoms with Crippen molar-refractivity contribution >= 4 is 17.5 Å². The SMILES string of the molecule is C[C@]1(Sc2ccccc2)C(=O)[C@H]2CC=C[C@H]21. The van der Waals surface area contributed by atoms with Crippen molar-refractivity contribution in [1.29, 1.82) is 0 Å². The fraction of sp³-hybridized carbons (Fsp3) is 0.357. The van der Waals surface area contributed by atoms with E-state index < -0.39 is 0 Å². The molecule has 0 bridgehead atoms. The van der Waals surface area contributed by atoms with Gasteiger partial charge >= 0.3 is 0 Å². The van der Waals surface area contributed by atoms with Gasteiger partial charge in [0.2, 0.25) is 0 Å². The first-order valence-corrected chi connectivity index (χ1v) is 6.48. The molecule has 0 amide bonds. The molecule has 3 atom stereocenters. The molecule has 1 aromatic rings. The van der Waals surface area contributed by atoms with E-state index in [0.29, 0.717) is 11.7 Å². The number of rotatable bonds is 2. The molecule has 1 nitrogen and oxygen atoms in total. The molecule has 0 aliphatic heterocycles. The highest BCUT2D eigenvalue weighted by molar-refractivity contribution is 8.01. The first-order chi connectivity index (χ1) is 7.72. The number of hydrogen-bond donors (Lipinski definition) is 0. The molecule has 0 N–H and O–H groups in total. The first kappa shape index (κ1) is 10.2. The van der Waals surface area contributed by atoms with Crippen LogP contribution >= 0.6 is 11.8 Å². The summed E-state index contributed by atoms with van der Waals surface area (Å²) in [7, 11) is 0. The maximum absolute atomic E-state index is 12.1. The average Bonchev–Trinajstić information content (AvgIpc) is 2.76. The van der Waals surface area contributed by atoms with Crippen LogP contribution in [0.1, 0.15) is 13.3 Å². The lowest BCUT2D eigenvalue weighted by molar-refractivity contribution is -0.135. The van der Waals surface area contributed by atoms with E-state index in [-0.39, 0.29) is 10.7 Å². The number of carbonyl (C=O) groups excluding carboxylic acids is 1. The summed E-state index contributed by atoms with van der Waals surface area (Å²) in [5, 5.41) is 0. The van der Waals surface area contributed by atoms with Gasteiger partial charge in [0.15, 0.2) is 5.78 Å². The largest absolute Gasteiger partial charge is 0.298 e. The Labute approximate surface area is 99.9 Å². The highest BCUT2D eigenvalue weighted by Gasteiger charge is 2.59. The van der Waals surface area contributed by atoms with Gasteiger partial charge in [0.1, 0.15) is 0 Å². The van der Waals surface area contributed by atoms with Crippen molar-refractivity contribution in [2.75, 3.05) is 0 Å². The van der Waals surface area contributed by atoms with Crippen LogP contribution in [0.3, 0.4) is 0 Å². The number of carbonyl (C=O) groups is 1. The van der Waals surface area contributed by atoms with Crippen LogP contribution in [0.5, 0.6) is 0 Å². The number of allylic oxidation sites excluding steroid dienone is 2. The minimum atomic E-state index is -0.223. The Hall–Kier alpha value is -1.02. The Morgan fingerprint density at radius 2 is 2.06 bits per heavy atom. The third-order valence-corrected chi connectivity index (χ3v) is 5.11. The molecular weight excluding hydrogens is 216 g/mol. The molecule has 2 heteroatoms. The van der Waals surface area contributed by atoms with Gasteiger partial charge in [-0.1, -0.05) is 30.4 Å². The second kappa shape index (κ2) is 3.49. The zero-order valence-corrected chi connectivity index (χ0v) is 10.0. The number of thioether (sulfide) groups is 1. The third kappa shape index (κ3) is 1.29. The standard InChI is InChI=1S/C14H14OS/c1-14(16-10-6-3-2-4-7-10)12-9-5-8-11(12)13(14)15/h2-7,9,11-12H,8H2,1H3/t11-,12+,14+/m0/s1. The van der Waals surface area contributed by atoms with Crippen molar-refractivity contribution in [3.8, 4) is 0 Å². The van der Waals surface area contributed by atoms with Crippen LogP contribution in [0.4, 0.5) is 0 Å². The van der Waals surface area contributed by atoms with Crippen LogP contribution in [0.25, 0.3) is 0 Å². The maximum Gasteiger partial charge on any atom is 0.153 e. The Morgan fingerprint density at radius 1 is 1.31 bits per heavy atom. The molecule has 1 saturated carbocycles. The lowest BCUT2D eigenvalue weighted by atomic mass is 9.65. The van der Waals surface area contributed by atoms with E-state index in [1.54, 1.807) is 11.8 Å². The van der Waals surface area contributed by atoms with Gasteiger partial charge in [0.05, 0.1) is 4.75 Å². The van der Waals surface area contributed by atoms with Gasteiger partial charge in [-0.2, -0.15) is 0 Å². The maximum atomic E-state index is 12.1. The molecule has 0 aromatic heterocycles. The number of benzene rings is 1. The van der Waals surface area contributed by atoms with Gasteiger partial charge in [-0.15, -0.1) is 11.8 Å². The van der Waals surface area contributed by atoms with Crippen molar-refractivity contribution in [2.45, 2.75) is 23.0 Å². The monoisotopic (exact) mass is 230 g/mol. The molecule has 0 heterocycles. The number of hydrogen-bond acceptors (Lipinski definition) is 2. The van der Waals surface area contributed by atoms with Crippen LogP contribution in [-0.4, -0.2) is 10.5 Å². The highest BCUT2D eigenvalue weighted by atomic mass is 32.2. The van der Waals surface area contributed by atoms with Crippen molar-refractivity contribution in [1.82, 2.24) is 0 Å². The molecule has 2 aliphatic rings. The van der Waals surface area contributed by atoms with Crippen LogP contribution < -0.4 is 0 Å². The van der Waals surface area contributed by atoms with Gasteiger partial charge in [0, 0.05) is 16.7 Å². The predicted molar refractivity (Wildman–Crippen MR) is 66.4 cm³/mol. The van der Waals surface area contributed by atoms with Gasteiger partial charge in [-0.05, 0) is 25.5 Å². The first-order valence-electron chi connectivity index (χ1n) is 5.67. The van der Waals surface area contributed by atoms with Crippen LogP contribution in [0.2, 0.25) is 0 Å². The number of ketones is 1. The summed E-state index contributed by atoms with van der Waals surface area (Å²) < 4.78 is -0.223. The molecule has 0 radical (unpaired) electrons. The van der Waals surface area contributed by atoms with E-state index in [2.05, 4.69) is 31.2 Å². The van der Waals surface area contributed by atoms with E-state index in [4.69, 9.17) is 0 Å². The van der Waals surface area contributed by atoms with Crippen LogP contribution in [0, 0.1) is 11.8 Å². The Bertz CT molecular complexity index is 451.